The maximum absolute atomic E-state index is 12.5. The number of thiophene rings is 1. The number of hydrazone groups is 1. The van der Waals surface area contributed by atoms with E-state index in [1.165, 1.54) is 0 Å². The lowest BCUT2D eigenvalue weighted by atomic mass is 10.0. The molecule has 1 aromatic carbocycles. The van der Waals surface area contributed by atoms with Crippen molar-refractivity contribution in [2.45, 2.75) is 6.61 Å². The summed E-state index contributed by atoms with van der Waals surface area (Å²) in [5.41, 5.74) is 6.18. The molecule has 0 saturated heterocycles. The Kier molecular flexibility index (Phi) is 7.61. The molecule has 1 amide bonds. The molecule has 0 aliphatic rings. The average molecular weight is 497 g/mol. The second-order valence-electron chi connectivity index (χ2n) is 7.23. The average Bonchev–Trinajstić information content (AvgIpc) is 3.62. The van der Waals surface area contributed by atoms with Gasteiger partial charge in [0.25, 0.3) is 5.91 Å². The minimum Gasteiger partial charge on any atom is -0.472 e. The zero-order chi connectivity index (χ0) is 25.3. The second kappa shape index (κ2) is 11.4. The summed E-state index contributed by atoms with van der Waals surface area (Å²) >= 11 is 1.54. The number of amides is 1. The highest BCUT2D eigenvalue weighted by atomic mass is 32.1. The third-order valence-corrected chi connectivity index (χ3v) is 5.83. The van der Waals surface area contributed by atoms with Gasteiger partial charge >= 0.3 is 0 Å². The van der Waals surface area contributed by atoms with Crippen LogP contribution in [0.4, 0.5) is 0 Å². The number of aromatic nitrogens is 1. The summed E-state index contributed by atoms with van der Waals surface area (Å²) in [5.74, 6) is -0.0673. The van der Waals surface area contributed by atoms with Crippen LogP contribution in [0.25, 0.3) is 21.7 Å². The van der Waals surface area contributed by atoms with Gasteiger partial charge in [0.05, 0.1) is 23.1 Å². The third kappa shape index (κ3) is 5.53. The molecule has 0 atom stereocenters. The lowest BCUT2D eigenvalue weighted by Crippen LogP contribution is -2.39. The molecule has 3 heterocycles. The van der Waals surface area contributed by atoms with E-state index < -0.39 is 0 Å². The van der Waals surface area contributed by atoms with Gasteiger partial charge in [-0.05, 0) is 41.3 Å². The topological polar surface area (TPSA) is 125 Å². The summed E-state index contributed by atoms with van der Waals surface area (Å²) in [6, 6.07) is 18.8. The fourth-order valence-corrected chi connectivity index (χ4v) is 3.97. The zero-order valence-electron chi connectivity index (χ0n) is 19.1. The molecule has 0 fully saturated rings. The number of carbonyl (C=O) groups is 1. The van der Waals surface area contributed by atoms with Crippen molar-refractivity contribution in [3.63, 3.8) is 0 Å². The fraction of sp³-hybridized carbons (Fsp3) is 0.0769. The molecule has 3 aromatic heterocycles. The lowest BCUT2D eigenvalue weighted by molar-refractivity contribution is 0.0976. The first kappa shape index (κ1) is 24.1. The zero-order valence-corrected chi connectivity index (χ0v) is 19.9. The Morgan fingerprint density at radius 2 is 2.11 bits per heavy atom. The molecule has 4 aromatic rings. The molecular weight excluding hydrogens is 476 g/mol. The molecule has 4 rings (SSSR count). The highest BCUT2D eigenvalue weighted by Gasteiger charge is 2.18. The first-order valence-corrected chi connectivity index (χ1v) is 11.5. The molecule has 0 unspecified atom stereocenters. The van der Waals surface area contributed by atoms with Crippen molar-refractivity contribution >= 4 is 23.2 Å². The van der Waals surface area contributed by atoms with Crippen molar-refractivity contribution in [3.05, 3.63) is 83.1 Å². The van der Waals surface area contributed by atoms with Gasteiger partial charge < -0.3 is 14.6 Å². The van der Waals surface area contributed by atoms with Crippen LogP contribution >= 0.6 is 11.3 Å². The van der Waals surface area contributed by atoms with Crippen LogP contribution in [0, 0.1) is 23.8 Å². The molecule has 0 radical (unpaired) electrons. The van der Waals surface area contributed by atoms with Crippen LogP contribution in [0.3, 0.4) is 0 Å². The van der Waals surface area contributed by atoms with Gasteiger partial charge in [-0.1, -0.05) is 24.6 Å². The molecular formula is C26H20N6O3S. The number of terminal acetylenes is 1. The standard InChI is InChI=1S/C26H20N6O3S/c1-3-29-26(32-28-2)31-24(33)18-8-6-17(7-9-18)15-35-25-21(14-27)20(19-10-11-34-16-19)13-22(30-25)23-5-4-12-36-23/h1,4-13,16,28H,15H2,2H3,(H2,29,31,32,33). The van der Waals surface area contributed by atoms with E-state index in [2.05, 4.69) is 38.3 Å². The van der Waals surface area contributed by atoms with E-state index in [-0.39, 0.29) is 24.4 Å². The Balaban J connectivity index is 1.55. The van der Waals surface area contributed by atoms with Crippen LogP contribution in [0.1, 0.15) is 21.5 Å². The van der Waals surface area contributed by atoms with Gasteiger partial charge in [0, 0.05) is 29.8 Å². The molecule has 178 valence electrons. The molecule has 9 nitrogen and oxygen atoms in total. The van der Waals surface area contributed by atoms with Crippen LogP contribution in [0.15, 0.2) is 76.0 Å². The predicted molar refractivity (Wildman–Crippen MR) is 137 cm³/mol. The predicted octanol–water partition coefficient (Wildman–Crippen LogP) is 3.92. The number of furan rings is 1. The summed E-state index contributed by atoms with van der Waals surface area (Å²) in [7, 11) is 1.58. The summed E-state index contributed by atoms with van der Waals surface area (Å²) < 4.78 is 11.2. The van der Waals surface area contributed by atoms with Crippen molar-refractivity contribution in [2.75, 3.05) is 7.05 Å². The summed E-state index contributed by atoms with van der Waals surface area (Å²) in [5, 5.41) is 20.8. The highest BCUT2D eigenvalue weighted by Crippen LogP contribution is 2.35. The van der Waals surface area contributed by atoms with Gasteiger partial charge in [-0.3, -0.25) is 15.4 Å². The van der Waals surface area contributed by atoms with E-state index in [9.17, 15) is 10.1 Å². The minimum atomic E-state index is -0.388. The lowest BCUT2D eigenvalue weighted by Gasteiger charge is -2.12. The van der Waals surface area contributed by atoms with Gasteiger partial charge in [0.1, 0.15) is 18.2 Å². The van der Waals surface area contributed by atoms with Crippen molar-refractivity contribution in [2.24, 2.45) is 5.10 Å². The molecule has 0 spiro atoms. The van der Waals surface area contributed by atoms with E-state index in [0.29, 0.717) is 22.4 Å². The number of nitrogens with one attached hydrogen (secondary N) is 3. The number of rotatable bonds is 7. The number of pyridine rings is 1. The van der Waals surface area contributed by atoms with Gasteiger partial charge in [-0.25, -0.2) is 4.98 Å². The maximum atomic E-state index is 12.5. The minimum absolute atomic E-state index is 0.103. The number of hydrogen-bond acceptors (Lipinski definition) is 8. The molecule has 36 heavy (non-hydrogen) atoms. The monoisotopic (exact) mass is 496 g/mol. The Morgan fingerprint density at radius 1 is 1.28 bits per heavy atom. The van der Waals surface area contributed by atoms with E-state index in [4.69, 9.17) is 15.6 Å². The smallest absolute Gasteiger partial charge is 0.258 e. The normalized spacial score (nSPS) is 10.7. The summed E-state index contributed by atoms with van der Waals surface area (Å²) in [6.07, 6.45) is 8.33. The van der Waals surface area contributed by atoms with Crippen LogP contribution in [0.5, 0.6) is 5.88 Å². The molecule has 0 aliphatic carbocycles. The maximum Gasteiger partial charge on any atom is 0.258 e. The molecule has 3 N–H and O–H groups in total. The van der Waals surface area contributed by atoms with Gasteiger partial charge in [-0.15, -0.1) is 16.4 Å². The molecule has 0 saturated carbocycles. The van der Waals surface area contributed by atoms with Crippen LogP contribution in [0.2, 0.25) is 0 Å². The van der Waals surface area contributed by atoms with Gasteiger partial charge in [-0.2, -0.15) is 5.26 Å². The Hall–Kier alpha value is -5.06. The van der Waals surface area contributed by atoms with Gasteiger partial charge in [0.15, 0.2) is 0 Å². The SMILES string of the molecule is C#CN/C(=N\NC)NC(=O)c1ccc(COc2nc(-c3cccs3)cc(-c3ccoc3)c2C#N)cc1. The van der Waals surface area contributed by atoms with E-state index >= 15 is 0 Å². The number of carbonyl (C=O) groups excluding carboxylic acids is 1. The van der Waals surface area contributed by atoms with Crippen molar-refractivity contribution in [1.29, 1.82) is 5.26 Å². The molecule has 0 aliphatic heterocycles. The van der Waals surface area contributed by atoms with Crippen LogP contribution in [-0.4, -0.2) is 23.9 Å². The molecule has 0 bridgehead atoms. The fourth-order valence-electron chi connectivity index (χ4n) is 3.28. The quantitative estimate of drug-likeness (QED) is 0.116. The Labute approximate surface area is 211 Å². The van der Waals surface area contributed by atoms with Crippen molar-refractivity contribution < 1.29 is 13.9 Å². The molecule has 10 heteroatoms. The summed E-state index contributed by atoms with van der Waals surface area (Å²) in [6.45, 7) is 0.146. The second-order valence-corrected chi connectivity index (χ2v) is 8.18. The summed E-state index contributed by atoms with van der Waals surface area (Å²) in [4.78, 5) is 18.0. The van der Waals surface area contributed by atoms with Crippen LogP contribution in [-0.2, 0) is 6.61 Å². The van der Waals surface area contributed by atoms with Crippen LogP contribution < -0.4 is 20.8 Å². The van der Waals surface area contributed by atoms with E-state index in [0.717, 1.165) is 16.0 Å². The number of benzene rings is 1. The third-order valence-electron chi connectivity index (χ3n) is 4.94. The van der Waals surface area contributed by atoms with E-state index in [1.54, 1.807) is 61.2 Å². The Morgan fingerprint density at radius 3 is 2.75 bits per heavy atom. The van der Waals surface area contributed by atoms with Gasteiger partial charge in [0.2, 0.25) is 11.8 Å². The van der Waals surface area contributed by atoms with E-state index in [1.807, 2.05) is 23.6 Å². The van der Waals surface area contributed by atoms with Crippen molar-refractivity contribution in [1.82, 2.24) is 21.0 Å². The number of nitriles is 1. The van der Waals surface area contributed by atoms with Crippen molar-refractivity contribution in [3.8, 4) is 46.1 Å². The number of guanidine groups is 1. The number of ether oxygens (including phenoxy) is 1. The Bertz CT molecular complexity index is 1450. The highest BCUT2D eigenvalue weighted by molar-refractivity contribution is 7.13. The number of nitrogens with zero attached hydrogens (tertiary/aromatic N) is 3. The first-order valence-electron chi connectivity index (χ1n) is 10.6. The largest absolute Gasteiger partial charge is 0.472 e. The first-order chi connectivity index (χ1) is 17.6. The number of hydrogen-bond donors (Lipinski definition) is 3.